The average Bonchev–Trinajstić information content (AvgIpc) is 2.89. The first-order chi connectivity index (χ1) is 10.1. The summed E-state index contributed by atoms with van der Waals surface area (Å²) in [5, 5.41) is 4.06. The molecular weight excluding hydrogens is 274 g/mol. The van der Waals surface area contributed by atoms with Gasteiger partial charge in [-0.1, -0.05) is 0 Å². The predicted molar refractivity (Wildman–Crippen MR) is 75.5 cm³/mol. The van der Waals surface area contributed by atoms with E-state index in [1.165, 1.54) is 4.68 Å². The van der Waals surface area contributed by atoms with Crippen LogP contribution in [0.1, 0.15) is 17.5 Å². The highest BCUT2D eigenvalue weighted by atomic mass is 16.5. The lowest BCUT2D eigenvalue weighted by Crippen LogP contribution is -2.07. The zero-order valence-corrected chi connectivity index (χ0v) is 12.4. The molecule has 21 heavy (non-hydrogen) atoms. The second kappa shape index (κ2) is 6.25. The highest BCUT2D eigenvalue weighted by molar-refractivity contribution is 5.85. The molecule has 7 heteroatoms. The summed E-state index contributed by atoms with van der Waals surface area (Å²) in [6, 6.07) is 5.37. The maximum Gasteiger partial charge on any atom is 0.378 e. The number of rotatable bonds is 5. The second-order valence-corrected chi connectivity index (χ2v) is 4.17. The Bertz CT molecular complexity index is 652. The van der Waals surface area contributed by atoms with Crippen LogP contribution in [0.15, 0.2) is 18.2 Å². The summed E-state index contributed by atoms with van der Waals surface area (Å²) < 4.78 is 16.9. The first-order valence-electron chi connectivity index (χ1n) is 6.41. The Morgan fingerprint density at radius 1 is 1.24 bits per heavy atom. The van der Waals surface area contributed by atoms with Crippen molar-refractivity contribution in [2.45, 2.75) is 6.92 Å². The Morgan fingerprint density at radius 2 is 1.95 bits per heavy atom. The minimum Gasteiger partial charge on any atom is -0.493 e. The van der Waals surface area contributed by atoms with Crippen molar-refractivity contribution in [3.63, 3.8) is 0 Å². The lowest BCUT2D eigenvalue weighted by molar-refractivity contribution is 0.0512. The third kappa shape index (κ3) is 2.96. The lowest BCUT2D eigenvalue weighted by Gasteiger charge is -2.08. The largest absolute Gasteiger partial charge is 0.493 e. The zero-order chi connectivity index (χ0) is 15.4. The summed E-state index contributed by atoms with van der Waals surface area (Å²) in [6.07, 6.45) is 0. The van der Waals surface area contributed by atoms with E-state index in [0.717, 1.165) is 5.56 Å². The summed E-state index contributed by atoms with van der Waals surface area (Å²) in [7, 11) is 4.84. The minimum absolute atomic E-state index is 0.0316. The molecule has 0 aliphatic carbocycles. The molecule has 0 radical (unpaired) electrons. The molecule has 0 aliphatic rings. The van der Waals surface area contributed by atoms with Crippen LogP contribution in [0.2, 0.25) is 0 Å². The number of esters is 1. The molecule has 1 aromatic carbocycles. The number of carbonyl (C=O) groups excluding carboxylic acids is 1. The van der Waals surface area contributed by atoms with Gasteiger partial charge >= 0.3 is 5.97 Å². The van der Waals surface area contributed by atoms with Crippen LogP contribution in [0.4, 0.5) is 0 Å². The van der Waals surface area contributed by atoms with Gasteiger partial charge in [0.25, 0.3) is 5.82 Å². The molecule has 0 saturated carbocycles. The maximum atomic E-state index is 11.7. The number of methoxy groups -OCH3 is 2. The molecular formula is C14H17N3O4. The van der Waals surface area contributed by atoms with Crippen molar-refractivity contribution in [1.29, 1.82) is 0 Å². The van der Waals surface area contributed by atoms with Crippen molar-refractivity contribution in [3.8, 4) is 22.9 Å². The standard InChI is InChI=1S/C14H17N3O4/c1-5-21-14(18)12-15-13(17(2)16-12)9-6-7-10(19-3)11(8-9)20-4/h6-8H,5H2,1-4H3. The van der Waals surface area contributed by atoms with E-state index in [9.17, 15) is 4.79 Å². The fourth-order valence-electron chi connectivity index (χ4n) is 1.89. The lowest BCUT2D eigenvalue weighted by atomic mass is 10.2. The number of ether oxygens (including phenoxy) is 3. The molecule has 1 aromatic heterocycles. The van der Waals surface area contributed by atoms with E-state index < -0.39 is 5.97 Å². The smallest absolute Gasteiger partial charge is 0.378 e. The highest BCUT2D eigenvalue weighted by Gasteiger charge is 2.18. The third-order valence-electron chi connectivity index (χ3n) is 2.86. The molecule has 2 aromatic rings. The number of aromatic nitrogens is 3. The van der Waals surface area contributed by atoms with Crippen LogP contribution in [0.25, 0.3) is 11.4 Å². The average molecular weight is 291 g/mol. The summed E-state index contributed by atoms with van der Waals surface area (Å²) in [5.74, 6) is 1.23. The van der Waals surface area contributed by atoms with Gasteiger partial charge in [0.15, 0.2) is 17.3 Å². The Kier molecular flexibility index (Phi) is 4.42. The van der Waals surface area contributed by atoms with E-state index in [0.29, 0.717) is 17.3 Å². The molecule has 0 bridgehead atoms. The monoisotopic (exact) mass is 291 g/mol. The van der Waals surface area contributed by atoms with Gasteiger partial charge in [-0.05, 0) is 25.1 Å². The van der Waals surface area contributed by atoms with Gasteiger partial charge in [-0.25, -0.2) is 14.5 Å². The van der Waals surface area contributed by atoms with E-state index >= 15 is 0 Å². The molecule has 0 fully saturated rings. The highest BCUT2D eigenvalue weighted by Crippen LogP contribution is 2.31. The molecule has 0 amide bonds. The van der Waals surface area contributed by atoms with E-state index in [4.69, 9.17) is 14.2 Å². The van der Waals surface area contributed by atoms with Crippen molar-refractivity contribution in [2.24, 2.45) is 7.05 Å². The van der Waals surface area contributed by atoms with Gasteiger partial charge in [0.2, 0.25) is 0 Å². The number of hydrogen-bond donors (Lipinski definition) is 0. The van der Waals surface area contributed by atoms with Crippen molar-refractivity contribution in [1.82, 2.24) is 14.8 Å². The Morgan fingerprint density at radius 3 is 2.57 bits per heavy atom. The zero-order valence-electron chi connectivity index (χ0n) is 12.4. The topological polar surface area (TPSA) is 75.5 Å². The SMILES string of the molecule is CCOC(=O)c1nc(-c2ccc(OC)c(OC)c2)n(C)n1. The third-order valence-corrected chi connectivity index (χ3v) is 2.86. The first-order valence-corrected chi connectivity index (χ1v) is 6.41. The number of benzene rings is 1. The van der Waals surface area contributed by atoms with Crippen molar-refractivity contribution < 1.29 is 19.0 Å². The summed E-state index contributed by atoms with van der Waals surface area (Å²) in [5.41, 5.74) is 0.762. The van der Waals surface area contributed by atoms with Gasteiger partial charge in [0.05, 0.1) is 20.8 Å². The fourth-order valence-corrected chi connectivity index (χ4v) is 1.89. The van der Waals surface area contributed by atoms with E-state index in [1.54, 1.807) is 40.3 Å². The van der Waals surface area contributed by atoms with Crippen LogP contribution >= 0.6 is 0 Å². The molecule has 7 nitrogen and oxygen atoms in total. The molecule has 2 rings (SSSR count). The van der Waals surface area contributed by atoms with Gasteiger partial charge in [0, 0.05) is 12.6 Å². The Balaban J connectivity index is 2.40. The van der Waals surface area contributed by atoms with Crippen LogP contribution in [0.3, 0.4) is 0 Å². The normalized spacial score (nSPS) is 10.3. The van der Waals surface area contributed by atoms with Gasteiger partial charge in [-0.3, -0.25) is 0 Å². The van der Waals surface area contributed by atoms with Crippen LogP contribution in [-0.4, -0.2) is 41.6 Å². The molecule has 0 spiro atoms. The molecule has 1 heterocycles. The summed E-state index contributed by atoms with van der Waals surface area (Å²) in [4.78, 5) is 15.9. The summed E-state index contributed by atoms with van der Waals surface area (Å²) in [6.45, 7) is 2.01. The fraction of sp³-hybridized carbons (Fsp3) is 0.357. The van der Waals surface area contributed by atoms with Crippen molar-refractivity contribution in [2.75, 3.05) is 20.8 Å². The second-order valence-electron chi connectivity index (χ2n) is 4.17. The number of aryl methyl sites for hydroxylation is 1. The molecule has 0 saturated heterocycles. The molecule has 0 aliphatic heterocycles. The number of nitrogens with zero attached hydrogens (tertiary/aromatic N) is 3. The maximum absolute atomic E-state index is 11.7. The molecule has 0 atom stereocenters. The van der Waals surface area contributed by atoms with E-state index in [2.05, 4.69) is 10.1 Å². The Hall–Kier alpha value is -2.57. The van der Waals surface area contributed by atoms with Crippen LogP contribution in [0.5, 0.6) is 11.5 Å². The Labute approximate surface area is 122 Å². The number of hydrogen-bond acceptors (Lipinski definition) is 6. The number of carbonyl (C=O) groups is 1. The van der Waals surface area contributed by atoms with Crippen molar-refractivity contribution >= 4 is 5.97 Å². The summed E-state index contributed by atoms with van der Waals surface area (Å²) >= 11 is 0. The molecule has 0 unspecified atom stereocenters. The van der Waals surface area contributed by atoms with Gasteiger partial charge in [0.1, 0.15) is 0 Å². The van der Waals surface area contributed by atoms with Gasteiger partial charge in [-0.2, -0.15) is 0 Å². The van der Waals surface area contributed by atoms with E-state index in [1.807, 2.05) is 6.07 Å². The van der Waals surface area contributed by atoms with Crippen molar-refractivity contribution in [3.05, 3.63) is 24.0 Å². The van der Waals surface area contributed by atoms with Gasteiger partial charge < -0.3 is 14.2 Å². The minimum atomic E-state index is -0.542. The quantitative estimate of drug-likeness (QED) is 0.780. The predicted octanol–water partition coefficient (Wildman–Crippen LogP) is 1.68. The van der Waals surface area contributed by atoms with Crippen LogP contribution in [0, 0.1) is 0 Å². The first kappa shape index (κ1) is 14.8. The van der Waals surface area contributed by atoms with E-state index in [-0.39, 0.29) is 12.4 Å². The van der Waals surface area contributed by atoms with Gasteiger partial charge in [-0.15, -0.1) is 5.10 Å². The van der Waals surface area contributed by atoms with Crippen LogP contribution < -0.4 is 9.47 Å². The van der Waals surface area contributed by atoms with Crippen LogP contribution in [-0.2, 0) is 11.8 Å². The molecule has 112 valence electrons. The molecule has 0 N–H and O–H groups in total.